The maximum Gasteiger partial charge on any atom is 0.277 e. The first-order valence-electron chi connectivity index (χ1n) is 10.9. The molecule has 2 heterocycles. The van der Waals surface area contributed by atoms with E-state index in [1.165, 1.54) is 17.4 Å². The molecule has 7 nitrogen and oxygen atoms in total. The Morgan fingerprint density at radius 1 is 0.970 bits per heavy atom. The molecule has 1 saturated heterocycles. The number of fused-ring (bicyclic) bond motifs is 1. The molecule has 0 unspecified atom stereocenters. The molecule has 0 spiro atoms. The number of benzene rings is 3. The van der Waals surface area contributed by atoms with Crippen LogP contribution in [0, 0.1) is 0 Å². The number of thioether (sulfide) groups is 1. The number of carbonyl (C=O) groups excluding carboxylic acids is 1. The van der Waals surface area contributed by atoms with Gasteiger partial charge in [-0.05, 0) is 54.2 Å². The van der Waals surface area contributed by atoms with Crippen molar-refractivity contribution in [2.75, 3.05) is 49.2 Å². The highest BCUT2D eigenvalue weighted by atomic mass is 32.2. The number of hydrogen-bond donors (Lipinski definition) is 1. The molecule has 8 heteroatoms. The topological polar surface area (TPSA) is 74.5 Å². The van der Waals surface area contributed by atoms with Crippen LogP contribution in [0.5, 0.6) is 0 Å². The van der Waals surface area contributed by atoms with Gasteiger partial charge in [-0.1, -0.05) is 42.1 Å². The SMILES string of the molecule is CN1CCN(c2ccc(NC(=O)CSc3nnc(-c4ccc5ccccc5c4)o3)cc2)CC1. The Hall–Kier alpha value is -3.36. The molecule has 1 amide bonds. The minimum atomic E-state index is -0.113. The van der Waals surface area contributed by atoms with Gasteiger partial charge in [0.1, 0.15) is 0 Å². The Bertz CT molecular complexity index is 1250. The second kappa shape index (κ2) is 9.64. The third-order valence-electron chi connectivity index (χ3n) is 5.75. The lowest BCUT2D eigenvalue weighted by atomic mass is 10.1. The molecule has 0 saturated carbocycles. The summed E-state index contributed by atoms with van der Waals surface area (Å²) in [5, 5.41) is 13.8. The zero-order valence-corrected chi connectivity index (χ0v) is 19.2. The molecule has 168 valence electrons. The molecule has 1 fully saturated rings. The molecule has 0 bridgehead atoms. The van der Waals surface area contributed by atoms with Crippen LogP contribution in [0.3, 0.4) is 0 Å². The maximum atomic E-state index is 12.4. The molecular weight excluding hydrogens is 434 g/mol. The van der Waals surface area contributed by atoms with Crippen LogP contribution < -0.4 is 10.2 Å². The van der Waals surface area contributed by atoms with E-state index >= 15 is 0 Å². The largest absolute Gasteiger partial charge is 0.411 e. The van der Waals surface area contributed by atoms with Crippen molar-refractivity contribution in [1.29, 1.82) is 0 Å². The maximum absolute atomic E-state index is 12.4. The Kier molecular flexibility index (Phi) is 6.28. The minimum absolute atomic E-state index is 0.113. The van der Waals surface area contributed by atoms with Crippen molar-refractivity contribution in [2.24, 2.45) is 0 Å². The van der Waals surface area contributed by atoms with Gasteiger partial charge in [0.05, 0.1) is 5.75 Å². The zero-order chi connectivity index (χ0) is 22.6. The molecule has 5 rings (SSSR count). The van der Waals surface area contributed by atoms with Crippen molar-refractivity contribution >= 4 is 39.8 Å². The van der Waals surface area contributed by atoms with Crippen LogP contribution in [-0.2, 0) is 4.79 Å². The molecule has 1 N–H and O–H groups in total. The lowest BCUT2D eigenvalue weighted by Gasteiger charge is -2.34. The van der Waals surface area contributed by atoms with E-state index in [4.69, 9.17) is 4.42 Å². The van der Waals surface area contributed by atoms with Gasteiger partial charge in [0.25, 0.3) is 5.22 Å². The normalized spacial score (nSPS) is 14.5. The molecular formula is C25H25N5O2S. The standard InChI is InChI=1S/C25H25N5O2S/c1-29-12-14-30(15-13-29)22-10-8-21(9-11-22)26-23(31)17-33-25-28-27-24(32-25)20-7-6-18-4-2-3-5-19(18)16-20/h2-11,16H,12-15,17H2,1H3,(H,26,31). The Morgan fingerprint density at radius 2 is 1.73 bits per heavy atom. The number of rotatable bonds is 6. The van der Waals surface area contributed by atoms with Crippen molar-refractivity contribution in [3.05, 3.63) is 66.7 Å². The van der Waals surface area contributed by atoms with Crippen LogP contribution in [0.25, 0.3) is 22.2 Å². The number of likely N-dealkylation sites (N-methyl/N-ethyl adjacent to an activating group) is 1. The van der Waals surface area contributed by atoms with Crippen molar-refractivity contribution < 1.29 is 9.21 Å². The highest BCUT2D eigenvalue weighted by Gasteiger charge is 2.15. The van der Waals surface area contributed by atoms with Gasteiger partial charge in [-0.3, -0.25) is 4.79 Å². The number of nitrogens with one attached hydrogen (secondary N) is 1. The third kappa shape index (κ3) is 5.18. The van der Waals surface area contributed by atoms with Gasteiger partial charge in [0.2, 0.25) is 11.8 Å². The van der Waals surface area contributed by atoms with E-state index in [9.17, 15) is 4.79 Å². The summed E-state index contributed by atoms with van der Waals surface area (Å²) >= 11 is 1.23. The van der Waals surface area contributed by atoms with Crippen molar-refractivity contribution in [3.63, 3.8) is 0 Å². The summed E-state index contributed by atoms with van der Waals surface area (Å²) in [6.07, 6.45) is 0. The van der Waals surface area contributed by atoms with Crippen molar-refractivity contribution in [3.8, 4) is 11.5 Å². The Balaban J connectivity index is 1.15. The van der Waals surface area contributed by atoms with Crippen LogP contribution in [0.2, 0.25) is 0 Å². The second-order valence-electron chi connectivity index (χ2n) is 8.11. The number of amides is 1. The van der Waals surface area contributed by atoms with Gasteiger partial charge in [-0.25, -0.2) is 0 Å². The lowest BCUT2D eigenvalue weighted by Crippen LogP contribution is -2.44. The lowest BCUT2D eigenvalue weighted by molar-refractivity contribution is -0.113. The van der Waals surface area contributed by atoms with Crippen LogP contribution >= 0.6 is 11.8 Å². The van der Waals surface area contributed by atoms with Gasteiger partial charge in [-0.2, -0.15) is 0 Å². The van der Waals surface area contributed by atoms with E-state index in [2.05, 4.69) is 50.6 Å². The van der Waals surface area contributed by atoms with E-state index in [-0.39, 0.29) is 11.7 Å². The van der Waals surface area contributed by atoms with Gasteiger partial charge >= 0.3 is 0 Å². The summed E-state index contributed by atoms with van der Waals surface area (Å²) in [6.45, 7) is 4.16. The first-order valence-corrected chi connectivity index (χ1v) is 11.9. The van der Waals surface area contributed by atoms with Crippen LogP contribution in [0.1, 0.15) is 0 Å². The number of anilines is 2. The average molecular weight is 460 g/mol. The molecule has 0 radical (unpaired) electrons. The molecule has 0 atom stereocenters. The van der Waals surface area contributed by atoms with E-state index in [0.29, 0.717) is 11.1 Å². The highest BCUT2D eigenvalue weighted by Crippen LogP contribution is 2.26. The van der Waals surface area contributed by atoms with Crippen molar-refractivity contribution in [2.45, 2.75) is 5.22 Å². The quantitative estimate of drug-likeness (QED) is 0.429. The molecule has 1 aliphatic rings. The predicted molar refractivity (Wildman–Crippen MR) is 133 cm³/mol. The molecule has 0 aliphatic carbocycles. The summed E-state index contributed by atoms with van der Waals surface area (Å²) in [7, 11) is 2.15. The monoisotopic (exact) mass is 459 g/mol. The van der Waals surface area contributed by atoms with Gasteiger partial charge < -0.3 is 19.5 Å². The van der Waals surface area contributed by atoms with Gasteiger partial charge in [-0.15, -0.1) is 10.2 Å². The summed E-state index contributed by atoms with van der Waals surface area (Å²) in [6, 6.07) is 22.1. The van der Waals surface area contributed by atoms with E-state index in [1.54, 1.807) is 0 Å². The van der Waals surface area contributed by atoms with Crippen molar-refractivity contribution in [1.82, 2.24) is 15.1 Å². The number of piperazine rings is 1. The summed E-state index contributed by atoms with van der Waals surface area (Å²) in [5.41, 5.74) is 2.82. The van der Waals surface area contributed by atoms with Gasteiger partial charge in [0, 0.05) is 43.1 Å². The molecule has 4 aromatic rings. The minimum Gasteiger partial charge on any atom is -0.411 e. The fourth-order valence-electron chi connectivity index (χ4n) is 3.85. The second-order valence-corrected chi connectivity index (χ2v) is 9.04. The predicted octanol–water partition coefficient (Wildman–Crippen LogP) is 4.37. The number of aromatic nitrogens is 2. The van der Waals surface area contributed by atoms with Crippen LogP contribution in [-0.4, -0.2) is 60.0 Å². The first kappa shape index (κ1) is 21.5. The number of nitrogens with zero attached hydrogens (tertiary/aromatic N) is 4. The van der Waals surface area contributed by atoms with E-state index in [1.807, 2.05) is 48.5 Å². The summed E-state index contributed by atoms with van der Waals surface area (Å²) < 4.78 is 5.76. The van der Waals surface area contributed by atoms with E-state index < -0.39 is 0 Å². The molecule has 1 aromatic heterocycles. The average Bonchev–Trinajstić information content (AvgIpc) is 3.33. The Morgan fingerprint density at radius 3 is 2.52 bits per heavy atom. The first-order chi connectivity index (χ1) is 16.1. The fraction of sp³-hybridized carbons (Fsp3) is 0.240. The fourth-order valence-corrected chi connectivity index (χ4v) is 4.41. The highest BCUT2D eigenvalue weighted by molar-refractivity contribution is 7.99. The third-order valence-corrected chi connectivity index (χ3v) is 6.57. The summed E-state index contributed by atoms with van der Waals surface area (Å²) in [4.78, 5) is 17.1. The van der Waals surface area contributed by atoms with Gasteiger partial charge in [0.15, 0.2) is 0 Å². The van der Waals surface area contributed by atoms with E-state index in [0.717, 1.165) is 48.2 Å². The summed E-state index contributed by atoms with van der Waals surface area (Å²) in [5.74, 6) is 0.528. The zero-order valence-electron chi connectivity index (χ0n) is 18.4. The molecule has 3 aromatic carbocycles. The number of carbonyl (C=O) groups is 1. The van der Waals surface area contributed by atoms with Crippen LogP contribution in [0.15, 0.2) is 76.4 Å². The molecule has 1 aliphatic heterocycles. The Labute approximate surface area is 196 Å². The molecule has 33 heavy (non-hydrogen) atoms. The van der Waals surface area contributed by atoms with Crippen LogP contribution in [0.4, 0.5) is 11.4 Å². The number of hydrogen-bond acceptors (Lipinski definition) is 7. The smallest absolute Gasteiger partial charge is 0.277 e.